The minimum atomic E-state index is -4.14. The van der Waals surface area contributed by atoms with E-state index in [1.54, 1.807) is 78.1 Å². The summed E-state index contributed by atoms with van der Waals surface area (Å²) in [5, 5.41) is 0.185. The maximum Gasteiger partial charge on any atom is 0.531 e. The molecule has 62 heavy (non-hydrogen) atoms. The number of benzene rings is 1. The Morgan fingerprint density at radius 3 is 2.16 bits per heavy atom. The van der Waals surface area contributed by atoms with Crippen LogP contribution in [0.25, 0.3) is 0 Å². The van der Waals surface area contributed by atoms with Crippen LogP contribution in [0.15, 0.2) is 36.5 Å². The van der Waals surface area contributed by atoms with E-state index in [1.807, 2.05) is 5.48 Å². The minimum absolute atomic E-state index is 0.0474. The van der Waals surface area contributed by atoms with Crippen LogP contribution in [0.5, 0.6) is 5.75 Å². The number of nitrogens with one attached hydrogen (secondary N) is 1. The Bertz CT molecular complexity index is 2240. The van der Waals surface area contributed by atoms with Crippen molar-refractivity contribution in [3.63, 3.8) is 0 Å². The van der Waals surface area contributed by atoms with Gasteiger partial charge in [0.25, 0.3) is 5.91 Å². The summed E-state index contributed by atoms with van der Waals surface area (Å²) in [6, 6.07) is 7.99. The quantitative estimate of drug-likeness (QED) is 0.0786. The smallest absolute Gasteiger partial charge is 0.416 e. The van der Waals surface area contributed by atoms with E-state index in [2.05, 4.69) is 62.4 Å². The number of phosphoric acid groups is 1. The van der Waals surface area contributed by atoms with Gasteiger partial charge in [0.2, 0.25) is 0 Å². The molecule has 0 bridgehead atoms. The molecule has 0 unspecified atom stereocenters. The molecule has 1 fully saturated rings. The highest BCUT2D eigenvalue weighted by Crippen LogP contribution is 2.55. The number of hydroxylamine groups is 1. The number of sulfone groups is 1. The van der Waals surface area contributed by atoms with Crippen LogP contribution in [0.1, 0.15) is 98.9 Å². The van der Waals surface area contributed by atoms with E-state index in [1.165, 1.54) is 16.4 Å². The van der Waals surface area contributed by atoms with Crippen LogP contribution in [-0.2, 0) is 55.3 Å². The van der Waals surface area contributed by atoms with Crippen LogP contribution in [-0.4, -0.2) is 104 Å². The van der Waals surface area contributed by atoms with Crippen LogP contribution >= 0.6 is 7.82 Å². The predicted octanol–water partition coefficient (Wildman–Crippen LogP) is 7.10. The largest absolute Gasteiger partial charge is 0.531 e. The van der Waals surface area contributed by atoms with Crippen molar-refractivity contribution in [2.45, 2.75) is 129 Å². The normalized spacial score (nSPS) is 16.3. The molecule has 1 atom stereocenters. The van der Waals surface area contributed by atoms with Gasteiger partial charge in [-0.15, -0.1) is 0 Å². The first kappa shape index (κ1) is 50.7. The maximum atomic E-state index is 13.7. The van der Waals surface area contributed by atoms with Gasteiger partial charge in [0.1, 0.15) is 5.75 Å². The van der Waals surface area contributed by atoms with Crippen LogP contribution < -0.4 is 10.0 Å². The van der Waals surface area contributed by atoms with Gasteiger partial charge in [-0.3, -0.25) is 23.3 Å². The fourth-order valence-corrected chi connectivity index (χ4v) is 9.91. The van der Waals surface area contributed by atoms with Gasteiger partial charge in [0, 0.05) is 62.4 Å². The van der Waals surface area contributed by atoms with Crippen molar-refractivity contribution in [2.24, 2.45) is 5.92 Å². The molecule has 0 radical (unpaired) electrons. The lowest BCUT2D eigenvalue weighted by atomic mass is 10.0. The number of para-hydroxylation sites is 1. The number of hydrogen-bond acceptors (Lipinski definition) is 12. The van der Waals surface area contributed by atoms with Crippen molar-refractivity contribution >= 4 is 43.9 Å². The van der Waals surface area contributed by atoms with E-state index in [4.69, 9.17) is 22.8 Å². The van der Waals surface area contributed by atoms with Crippen molar-refractivity contribution in [3.05, 3.63) is 53.3 Å². The zero-order valence-corrected chi connectivity index (χ0v) is 41.3. The number of fused-ring (bicyclic) bond motifs is 1. The third-order valence-corrected chi connectivity index (χ3v) is 19.4. The number of amides is 2. The lowest BCUT2D eigenvalue weighted by Crippen LogP contribution is -2.52. The molecule has 342 valence electrons. The number of rotatable bonds is 16. The standard InChI is InChI=1S/C44H65N4O11PSSi/c1-41(2,3)58-60(52,59-42(4,5)6)57-37-21-17-16-20-35(37)22-23-38(49)56-45-39(50)44(10,61(11,53)54)24-25-47-32-36-28-33(31-48(36)40(47)51)18-14-15-19-34-29-46(30-34)26-27-55-62(12,13)43(7,8)9/h16-17,20-21,28,31,34H,22-27,29-30,32H2,1-13H3,(H,45,50)/t44-/m1/s1. The van der Waals surface area contributed by atoms with E-state index in [0.29, 0.717) is 16.8 Å². The number of likely N-dealkylation sites (tertiary alicyclic amines) is 1. The number of carbonyl (C=O) groups is 3. The van der Waals surface area contributed by atoms with Crippen molar-refractivity contribution in [1.82, 2.24) is 19.8 Å². The van der Waals surface area contributed by atoms with E-state index in [-0.39, 0.29) is 55.1 Å². The van der Waals surface area contributed by atoms with E-state index < -0.39 is 53.8 Å². The molecule has 1 saturated heterocycles. The molecule has 0 saturated carbocycles. The van der Waals surface area contributed by atoms with Gasteiger partial charge in [-0.05, 0) is 109 Å². The summed E-state index contributed by atoms with van der Waals surface area (Å²) in [5.74, 6) is 10.5. The van der Waals surface area contributed by atoms with Gasteiger partial charge in [-0.2, -0.15) is 5.48 Å². The van der Waals surface area contributed by atoms with Crippen molar-refractivity contribution < 1.29 is 50.2 Å². The molecular weight excluding hydrogens is 852 g/mol. The molecule has 1 aromatic carbocycles. The fraction of sp³-hybridized carbons (Fsp3) is 0.614. The van der Waals surface area contributed by atoms with Gasteiger partial charge in [0.05, 0.1) is 24.2 Å². The third-order valence-electron chi connectivity index (χ3n) is 10.9. The van der Waals surface area contributed by atoms with Crippen LogP contribution in [0.4, 0.5) is 4.79 Å². The Hall–Kier alpha value is -3.93. The van der Waals surface area contributed by atoms with E-state index in [9.17, 15) is 27.4 Å². The second kappa shape index (κ2) is 19.4. The zero-order valence-electron chi connectivity index (χ0n) is 38.6. The molecule has 18 heteroatoms. The number of phosphoric ester groups is 1. The third kappa shape index (κ3) is 14.0. The monoisotopic (exact) mass is 916 g/mol. The molecular formula is C44H65N4O11PSSi. The highest BCUT2D eigenvalue weighted by molar-refractivity contribution is 7.92. The molecule has 0 aliphatic carbocycles. The highest BCUT2D eigenvalue weighted by atomic mass is 32.2. The Morgan fingerprint density at radius 2 is 1.58 bits per heavy atom. The Morgan fingerprint density at radius 1 is 0.952 bits per heavy atom. The molecule has 4 rings (SSSR count). The summed E-state index contributed by atoms with van der Waals surface area (Å²) in [6.07, 6.45) is 2.05. The average molecular weight is 917 g/mol. The summed E-state index contributed by atoms with van der Waals surface area (Å²) in [5.41, 5.74) is 2.05. The summed E-state index contributed by atoms with van der Waals surface area (Å²) in [4.78, 5) is 48.2. The maximum absolute atomic E-state index is 13.7. The van der Waals surface area contributed by atoms with Crippen molar-refractivity contribution in [2.75, 3.05) is 39.0 Å². The summed E-state index contributed by atoms with van der Waals surface area (Å²) >= 11 is 0. The molecule has 1 aromatic heterocycles. The van der Waals surface area contributed by atoms with Crippen LogP contribution in [0, 0.1) is 29.6 Å². The molecule has 2 aliphatic heterocycles. The van der Waals surface area contributed by atoms with E-state index in [0.717, 1.165) is 32.5 Å². The second-order valence-corrected chi connectivity index (χ2v) is 28.3. The van der Waals surface area contributed by atoms with Crippen molar-refractivity contribution in [1.29, 1.82) is 0 Å². The Labute approximate surface area is 369 Å². The summed E-state index contributed by atoms with van der Waals surface area (Å²) in [6.45, 7) is 26.2. The zero-order chi connectivity index (χ0) is 46.5. The first-order valence-corrected chi connectivity index (χ1v) is 27.0. The highest BCUT2D eigenvalue weighted by Gasteiger charge is 2.45. The summed E-state index contributed by atoms with van der Waals surface area (Å²) < 4.78 is 62.6. The summed E-state index contributed by atoms with van der Waals surface area (Å²) in [7, 11) is -9.97. The first-order valence-electron chi connectivity index (χ1n) is 20.8. The Kier molecular flexibility index (Phi) is 15.9. The molecule has 2 amide bonds. The van der Waals surface area contributed by atoms with Crippen LogP contribution in [0.2, 0.25) is 18.1 Å². The van der Waals surface area contributed by atoms with Gasteiger partial charge < -0.3 is 18.7 Å². The van der Waals surface area contributed by atoms with Gasteiger partial charge in [0.15, 0.2) is 22.9 Å². The van der Waals surface area contributed by atoms with Crippen molar-refractivity contribution in [3.8, 4) is 29.4 Å². The SMILES string of the molecule is CC(C)(C)OP(=O)(Oc1ccccc1CCC(=O)ONC(=O)[C@@](C)(CCN1Cc2cc(C#CC#CC3CN(CCO[Si](C)(C)C(C)(C)C)C3)cn2C1=O)S(C)(=O)=O)OC(C)(C)C. The molecule has 15 nitrogen and oxygen atoms in total. The first-order chi connectivity index (χ1) is 28.4. The van der Waals surface area contributed by atoms with E-state index >= 15 is 0 Å². The van der Waals surface area contributed by atoms with Crippen LogP contribution in [0.3, 0.4) is 0 Å². The molecule has 2 aromatic rings. The lowest BCUT2D eigenvalue weighted by Gasteiger charge is -2.39. The molecule has 0 spiro atoms. The second-order valence-electron chi connectivity index (χ2n) is 19.6. The topological polar surface area (TPSA) is 172 Å². The number of hydrogen-bond donors (Lipinski definition) is 1. The Balaban J connectivity index is 1.26. The van der Waals surface area contributed by atoms with Gasteiger partial charge in [-0.1, -0.05) is 50.8 Å². The molecule has 2 aliphatic rings. The lowest BCUT2D eigenvalue weighted by molar-refractivity contribution is -0.159. The molecule has 3 heterocycles. The minimum Gasteiger partial charge on any atom is -0.416 e. The number of nitrogens with zero attached hydrogens (tertiary/aromatic N) is 3. The fourth-order valence-electron chi connectivity index (χ4n) is 6.16. The van der Waals surface area contributed by atoms with Gasteiger partial charge >= 0.3 is 19.8 Å². The number of aryl methyl sites for hydroxylation is 1. The average Bonchev–Trinajstić information content (AvgIpc) is 3.63. The number of carbonyl (C=O) groups excluding carboxylic acids is 3. The number of aromatic nitrogens is 1. The predicted molar refractivity (Wildman–Crippen MR) is 240 cm³/mol. The van der Waals surface area contributed by atoms with Gasteiger partial charge in [-0.25, -0.2) is 22.6 Å². The molecule has 1 N–H and O–H groups in total.